The molecule has 0 spiro atoms. The van der Waals surface area contributed by atoms with Gasteiger partial charge in [-0.25, -0.2) is 8.37 Å². The maximum Gasteiger partial charge on any atom is 0.400 e. The molecule has 0 radical (unpaired) electrons. The molecule has 0 aliphatic carbocycles. The first kappa shape index (κ1) is 67.8. The quantitative estimate of drug-likeness (QED) is 0.0873. The van der Waals surface area contributed by atoms with Crippen molar-refractivity contribution in [2.75, 3.05) is 33.0 Å². The van der Waals surface area contributed by atoms with Gasteiger partial charge in [-0.2, -0.15) is 8.42 Å². The van der Waals surface area contributed by atoms with Crippen LogP contribution in [0.15, 0.2) is 60.7 Å². The second-order valence-corrected chi connectivity index (χ2v) is 35.0. The van der Waals surface area contributed by atoms with Crippen molar-refractivity contribution in [1.82, 2.24) is 0 Å². The number of fused-ring (bicyclic) bond motifs is 1. The van der Waals surface area contributed by atoms with E-state index in [1.54, 1.807) is 0 Å². The molecule has 8 rings (SSSR count). The summed E-state index contributed by atoms with van der Waals surface area (Å²) in [5.41, 5.74) is 1.78. The number of hydrogen-bond acceptors (Lipinski definition) is 19. The third-order valence-electron chi connectivity index (χ3n) is 13.9. The summed E-state index contributed by atoms with van der Waals surface area (Å²) in [5, 5.41) is 51.0. The van der Waals surface area contributed by atoms with Crippen LogP contribution in [0.25, 0.3) is 0 Å². The molecule has 76 heavy (non-hydrogen) atoms. The Morgan fingerprint density at radius 3 is 1.84 bits per heavy atom. The molecule has 0 aromatic heterocycles. The van der Waals surface area contributed by atoms with E-state index in [1.165, 1.54) is 17.1 Å². The number of hydrogen-bond donors (Lipinski definition) is 7. The molecule has 6 aliphatic heterocycles. The Morgan fingerprint density at radius 1 is 0.750 bits per heavy atom. The Labute approximate surface area is 465 Å². The molecule has 6 heterocycles. The van der Waals surface area contributed by atoms with Gasteiger partial charge in [-0.1, -0.05) is 44.2 Å². The minimum Gasteiger partial charge on any atom is -0.346 e. The second-order valence-electron chi connectivity index (χ2n) is 19.1. The first-order chi connectivity index (χ1) is 35.9. The van der Waals surface area contributed by atoms with E-state index in [0.717, 1.165) is 54.5 Å². The number of ether oxygens (including phenoxy) is 4. The SMILES string of the molecule is CC.CC[C@@H]1[C@@H](C)[C@H](C)C[Se+]1C[C@@H]1OC(c2ccccc2)OC[C@H]1OS(=O)(=O)O.CC[C@H]1[Se]C[C@@H](C)[C@@H]1C.O=S(=O)(O)O[C@H](CO)[C@@H](O)C[Se+]1C[C@@H](O)[C@H](O)[C@H]1CO.O=S1(=O)OC[C@@H]2OC(c3ccccc3)OCC2O1. The Kier molecular flexibility index (Phi) is 28.7. The molecule has 19 atom stereocenters. The van der Waals surface area contributed by atoms with Crippen molar-refractivity contribution in [3.63, 3.8) is 0 Å². The van der Waals surface area contributed by atoms with Gasteiger partial charge in [0.15, 0.2) is 6.29 Å². The fourth-order valence-electron chi connectivity index (χ4n) is 9.40. The van der Waals surface area contributed by atoms with Crippen molar-refractivity contribution < 1.29 is 95.6 Å². The van der Waals surface area contributed by atoms with Crippen LogP contribution in [0.3, 0.4) is 0 Å². The Morgan fingerprint density at radius 2 is 1.34 bits per heavy atom. The minimum absolute atomic E-state index is 0.0140. The van der Waals surface area contributed by atoms with E-state index >= 15 is 0 Å². The van der Waals surface area contributed by atoms with Gasteiger partial charge in [0.05, 0.1) is 13.2 Å². The predicted octanol–water partition coefficient (Wildman–Crippen LogP) is 5.35. The van der Waals surface area contributed by atoms with Gasteiger partial charge < -0.3 is 9.47 Å². The Hall–Kier alpha value is -0.752. The van der Waals surface area contributed by atoms with Crippen LogP contribution >= 0.6 is 0 Å². The summed E-state index contributed by atoms with van der Waals surface area (Å²) in [6.45, 7) is 17.0. The van der Waals surface area contributed by atoms with Crippen LogP contribution in [0.5, 0.6) is 0 Å². The third kappa shape index (κ3) is 20.9. The molecule has 2 aromatic carbocycles. The van der Waals surface area contributed by atoms with Crippen molar-refractivity contribution >= 4 is 74.0 Å². The summed E-state index contributed by atoms with van der Waals surface area (Å²) in [7, 11) is -13.3. The van der Waals surface area contributed by atoms with Crippen LogP contribution in [-0.4, -0.2) is 185 Å². The van der Waals surface area contributed by atoms with E-state index in [4.69, 9.17) is 41.5 Å². The molecule has 27 heteroatoms. The number of aliphatic hydroxyl groups is 5. The van der Waals surface area contributed by atoms with Crippen molar-refractivity contribution in [2.45, 2.75) is 171 Å². The standard InChI is InChI=1S/C19H28O6SSe.C11H12O6S.C9H18O9SSe.C8H16Se.C2H6/c1-4-18-14(3)13(2)11-27(18)12-17-16(25-26(20,21)22)10-23-19(24-17)15-8-6-5-7-9-15;12-18(13)15-7-9-10(17-18)6-14-11(16-9)8-4-2-1-3-5-8;10-1-7(18-19(15,16)17)5(12)3-20-4-6(13)9(14)8(20)2-11;1-4-8-7(3)6(2)5-9-8;1-2/h5-9,13-14,16-19H,4,10-12H2,1-3H3;1-5,9-11H,6-7H2;5-14H,1-4H2;6-8H,4-5H2,1-3H3;1-2H3/p+2/t13-,14+,16-,17+,18-,19?,27?;9-,10?,11?;5-,6+,7+,8+,9-,20?;6-,7+,8-;/m1001./s1. The summed E-state index contributed by atoms with van der Waals surface area (Å²) in [4.78, 5) is 1.27. The van der Waals surface area contributed by atoms with Gasteiger partial charge in [0, 0.05) is 5.56 Å². The number of benzene rings is 2. The van der Waals surface area contributed by atoms with E-state index in [9.17, 15) is 45.7 Å². The third-order valence-corrected chi connectivity index (χ3v) is 32.7. The number of aliphatic hydroxyl groups excluding tert-OH is 5. The average Bonchev–Trinajstić information content (AvgIpc) is 3.97. The molecular weight excluding hydrogens is 1260 g/mol. The van der Waals surface area contributed by atoms with Crippen molar-refractivity contribution in [1.29, 1.82) is 0 Å². The summed E-state index contributed by atoms with van der Waals surface area (Å²) in [6.07, 6.45) is -5.75. The van der Waals surface area contributed by atoms with Gasteiger partial charge in [0.1, 0.15) is 12.2 Å². The molecule has 0 amide bonds. The largest absolute Gasteiger partial charge is 0.400 e. The zero-order chi connectivity index (χ0) is 56.5. The topological polar surface area (TPSA) is 318 Å². The summed E-state index contributed by atoms with van der Waals surface area (Å²) in [6, 6.07) is 19.0. The minimum atomic E-state index is -4.81. The van der Waals surface area contributed by atoms with Crippen molar-refractivity contribution in [3.8, 4) is 0 Å². The Bertz CT molecular complexity index is 2310. The molecule has 0 bridgehead atoms. The second kappa shape index (κ2) is 32.2. The first-order valence-electron chi connectivity index (χ1n) is 25.6. The monoisotopic (exact) mass is 1340 g/mol. The van der Waals surface area contributed by atoms with Crippen LogP contribution in [0.4, 0.5) is 0 Å². The molecule has 7 N–H and O–H groups in total. The fraction of sp³-hybridized carbons (Fsp3) is 0.755. The maximum atomic E-state index is 11.3. The normalized spacial score (nSPS) is 35.8. The number of rotatable bonds is 15. The summed E-state index contributed by atoms with van der Waals surface area (Å²) < 4.78 is 125. The van der Waals surface area contributed by atoms with E-state index in [1.807, 2.05) is 74.5 Å². The molecule has 6 aliphatic rings. The summed E-state index contributed by atoms with van der Waals surface area (Å²) in [5.74, 6) is 3.42. The van der Waals surface area contributed by atoms with Crippen molar-refractivity contribution in [3.05, 3.63) is 71.8 Å². The van der Waals surface area contributed by atoms with Crippen molar-refractivity contribution in [2.24, 2.45) is 23.7 Å². The Balaban J connectivity index is 0.000000228. The van der Waals surface area contributed by atoms with E-state index in [2.05, 4.69) is 49.9 Å². The molecule has 21 nitrogen and oxygen atoms in total. The van der Waals surface area contributed by atoms with Gasteiger partial charge in [-0.3, -0.25) is 0 Å². The maximum absolute atomic E-state index is 11.3. The van der Waals surface area contributed by atoms with E-state index < -0.39 is 132 Å². The van der Waals surface area contributed by atoms with Gasteiger partial charge in [0.25, 0.3) is 0 Å². The molecular formula is C49H82O21S3Se3+2. The molecule has 6 saturated heterocycles. The van der Waals surface area contributed by atoms with Crippen LogP contribution in [0.1, 0.15) is 91.9 Å². The smallest absolute Gasteiger partial charge is 0.346 e. The zero-order valence-corrected chi connectivity index (χ0v) is 52.0. The van der Waals surface area contributed by atoms with Gasteiger partial charge >= 0.3 is 361 Å². The fourth-order valence-corrected chi connectivity index (χ4v) is 28.1. The van der Waals surface area contributed by atoms with E-state index in [0.29, 0.717) is 16.7 Å². The van der Waals surface area contributed by atoms with Crippen LogP contribution in [0.2, 0.25) is 41.0 Å². The molecule has 0 saturated carbocycles. The molecule has 438 valence electrons. The predicted molar refractivity (Wildman–Crippen MR) is 286 cm³/mol. The average molecular weight is 1340 g/mol. The van der Waals surface area contributed by atoms with Crippen LogP contribution in [-0.2, 0) is 66.9 Å². The van der Waals surface area contributed by atoms with Gasteiger partial charge in [-0.05, 0) is 0 Å². The zero-order valence-electron chi connectivity index (χ0n) is 44.4. The van der Waals surface area contributed by atoms with E-state index in [-0.39, 0.29) is 37.1 Å². The van der Waals surface area contributed by atoms with Gasteiger partial charge in [0.2, 0.25) is 0 Å². The summed E-state index contributed by atoms with van der Waals surface area (Å²) >= 11 is -1.84. The molecule has 6 fully saturated rings. The molecule has 2 aromatic rings. The van der Waals surface area contributed by atoms with Gasteiger partial charge in [-0.15, -0.1) is 0 Å². The molecule has 5 unspecified atom stereocenters. The van der Waals surface area contributed by atoms with Crippen LogP contribution in [0, 0.1) is 23.7 Å². The first-order valence-corrected chi connectivity index (χ1v) is 38.7. The van der Waals surface area contributed by atoms with Crippen LogP contribution < -0.4 is 0 Å².